The van der Waals surface area contributed by atoms with Gasteiger partial charge in [-0.15, -0.1) is 0 Å². The molecule has 0 aliphatic carbocycles. The summed E-state index contributed by atoms with van der Waals surface area (Å²) in [4.78, 5) is 11.1. The zero-order valence-corrected chi connectivity index (χ0v) is 12.5. The molecule has 2 rings (SSSR count). The van der Waals surface area contributed by atoms with E-state index in [0.29, 0.717) is 17.0 Å². The van der Waals surface area contributed by atoms with E-state index in [1.165, 1.54) is 5.75 Å². The van der Waals surface area contributed by atoms with E-state index in [-0.39, 0.29) is 0 Å². The first-order chi connectivity index (χ1) is 8.89. The second-order valence-electron chi connectivity index (χ2n) is 6.01. The van der Waals surface area contributed by atoms with Crippen LogP contribution in [0.4, 0.5) is 5.69 Å². The molecule has 1 fully saturated rings. The number of nitrogens with one attached hydrogen (secondary N) is 1. The van der Waals surface area contributed by atoms with Crippen molar-refractivity contribution < 1.29 is 9.90 Å². The van der Waals surface area contributed by atoms with Crippen molar-refractivity contribution in [1.29, 1.82) is 0 Å². The van der Waals surface area contributed by atoms with Crippen molar-refractivity contribution in [2.24, 2.45) is 5.41 Å². The third kappa shape index (κ3) is 3.44. The van der Waals surface area contributed by atoms with E-state index in [9.17, 15) is 4.79 Å². The van der Waals surface area contributed by atoms with E-state index >= 15 is 0 Å². The minimum atomic E-state index is -0.862. The Labute approximate surface area is 118 Å². The largest absolute Gasteiger partial charge is 0.478 e. The van der Waals surface area contributed by atoms with Crippen LogP contribution in [0.3, 0.4) is 0 Å². The van der Waals surface area contributed by atoms with Crippen LogP contribution in [0, 0.1) is 12.3 Å². The highest BCUT2D eigenvalue weighted by molar-refractivity contribution is 7.99. The van der Waals surface area contributed by atoms with Crippen LogP contribution in [-0.2, 0) is 0 Å². The van der Waals surface area contributed by atoms with Crippen molar-refractivity contribution in [3.05, 3.63) is 29.3 Å². The minimum Gasteiger partial charge on any atom is -0.478 e. The number of hydrogen-bond acceptors (Lipinski definition) is 3. The summed E-state index contributed by atoms with van der Waals surface area (Å²) < 4.78 is 0. The number of benzene rings is 1. The monoisotopic (exact) mass is 279 g/mol. The van der Waals surface area contributed by atoms with Gasteiger partial charge in [0.1, 0.15) is 0 Å². The second-order valence-corrected chi connectivity index (χ2v) is 7.04. The molecule has 0 bridgehead atoms. The van der Waals surface area contributed by atoms with Gasteiger partial charge in [-0.2, -0.15) is 11.8 Å². The van der Waals surface area contributed by atoms with Crippen LogP contribution in [0.1, 0.15) is 36.2 Å². The average Bonchev–Trinajstić information content (AvgIpc) is 2.30. The molecule has 1 aliphatic rings. The van der Waals surface area contributed by atoms with Gasteiger partial charge in [-0.1, -0.05) is 19.9 Å². The Kier molecular flexibility index (Phi) is 4.09. The highest BCUT2D eigenvalue weighted by Gasteiger charge is 2.28. The number of carboxylic acid groups (broad SMARTS) is 1. The van der Waals surface area contributed by atoms with Gasteiger partial charge >= 0.3 is 5.97 Å². The number of carbonyl (C=O) groups is 1. The Morgan fingerprint density at radius 1 is 1.47 bits per heavy atom. The van der Waals surface area contributed by atoms with Gasteiger partial charge in [0.2, 0.25) is 0 Å². The summed E-state index contributed by atoms with van der Waals surface area (Å²) in [7, 11) is 0. The molecule has 104 valence electrons. The fourth-order valence-electron chi connectivity index (χ4n) is 2.60. The Morgan fingerprint density at radius 2 is 2.21 bits per heavy atom. The lowest BCUT2D eigenvalue weighted by Gasteiger charge is -2.36. The average molecular weight is 279 g/mol. The van der Waals surface area contributed by atoms with Crippen LogP contribution in [-0.4, -0.2) is 28.6 Å². The molecule has 0 saturated carbocycles. The van der Waals surface area contributed by atoms with Crippen LogP contribution in [0.15, 0.2) is 18.2 Å². The molecule has 0 aromatic heterocycles. The van der Waals surface area contributed by atoms with Gasteiger partial charge < -0.3 is 10.4 Å². The van der Waals surface area contributed by atoms with Gasteiger partial charge in [0.15, 0.2) is 0 Å². The lowest BCUT2D eigenvalue weighted by molar-refractivity contribution is 0.0696. The van der Waals surface area contributed by atoms with E-state index in [1.807, 2.05) is 24.8 Å². The normalized spacial score (nSPS) is 21.9. The summed E-state index contributed by atoms with van der Waals surface area (Å²) in [5.74, 6) is 1.42. The summed E-state index contributed by atoms with van der Waals surface area (Å²) in [6.45, 7) is 6.44. The molecular formula is C15H21NO2S. The predicted octanol–water partition coefficient (Wildman–Crippen LogP) is 3.64. The van der Waals surface area contributed by atoms with E-state index in [1.54, 1.807) is 12.1 Å². The molecular weight excluding hydrogens is 258 g/mol. The number of thioether (sulfide) groups is 1. The lowest BCUT2D eigenvalue weighted by atomic mass is 9.87. The molecule has 1 heterocycles. The zero-order valence-electron chi connectivity index (χ0n) is 11.7. The van der Waals surface area contributed by atoms with Crippen LogP contribution in [0.2, 0.25) is 0 Å². The fourth-order valence-corrected chi connectivity index (χ4v) is 3.87. The van der Waals surface area contributed by atoms with Gasteiger partial charge in [0, 0.05) is 17.5 Å². The van der Waals surface area contributed by atoms with Crippen molar-refractivity contribution in [2.45, 2.75) is 33.2 Å². The van der Waals surface area contributed by atoms with Crippen LogP contribution >= 0.6 is 11.8 Å². The van der Waals surface area contributed by atoms with E-state index in [0.717, 1.165) is 23.4 Å². The summed E-state index contributed by atoms with van der Waals surface area (Å²) in [6, 6.07) is 5.84. The van der Waals surface area contributed by atoms with Gasteiger partial charge in [-0.05, 0) is 42.2 Å². The Balaban J connectivity index is 2.15. The molecule has 1 saturated heterocycles. The van der Waals surface area contributed by atoms with Crippen molar-refractivity contribution in [1.82, 2.24) is 0 Å². The molecule has 1 aromatic carbocycles. The number of rotatable bonds is 3. The molecule has 4 heteroatoms. The molecule has 1 unspecified atom stereocenters. The molecule has 1 aliphatic heterocycles. The lowest BCUT2D eigenvalue weighted by Crippen LogP contribution is -2.35. The highest BCUT2D eigenvalue weighted by Crippen LogP contribution is 2.35. The first-order valence-electron chi connectivity index (χ1n) is 6.56. The number of hydrogen-bond donors (Lipinski definition) is 2. The van der Waals surface area contributed by atoms with Gasteiger partial charge in [-0.25, -0.2) is 4.79 Å². The maximum Gasteiger partial charge on any atom is 0.336 e. The van der Waals surface area contributed by atoms with Crippen molar-refractivity contribution in [3.63, 3.8) is 0 Å². The SMILES string of the molecule is Cc1c(NC2CSCC(C)(C)C2)cccc1C(=O)O. The maximum absolute atomic E-state index is 11.1. The summed E-state index contributed by atoms with van der Waals surface area (Å²) in [6.07, 6.45) is 1.12. The highest BCUT2D eigenvalue weighted by atomic mass is 32.2. The molecule has 2 N–H and O–H groups in total. The fraction of sp³-hybridized carbons (Fsp3) is 0.533. The van der Waals surface area contributed by atoms with Crippen LogP contribution in [0.25, 0.3) is 0 Å². The Bertz CT molecular complexity index is 485. The van der Waals surface area contributed by atoms with Gasteiger partial charge in [0.05, 0.1) is 5.56 Å². The van der Waals surface area contributed by atoms with Crippen molar-refractivity contribution in [3.8, 4) is 0 Å². The third-order valence-electron chi connectivity index (χ3n) is 3.53. The summed E-state index contributed by atoms with van der Waals surface area (Å²) >= 11 is 1.97. The van der Waals surface area contributed by atoms with Crippen molar-refractivity contribution in [2.75, 3.05) is 16.8 Å². The number of anilines is 1. The molecule has 1 aromatic rings. The summed E-state index contributed by atoms with van der Waals surface area (Å²) in [5.41, 5.74) is 2.50. The van der Waals surface area contributed by atoms with Crippen LogP contribution in [0.5, 0.6) is 0 Å². The molecule has 0 amide bonds. The smallest absolute Gasteiger partial charge is 0.336 e. The first-order valence-corrected chi connectivity index (χ1v) is 7.72. The second kappa shape index (κ2) is 5.45. The van der Waals surface area contributed by atoms with E-state index in [4.69, 9.17) is 5.11 Å². The van der Waals surface area contributed by atoms with E-state index in [2.05, 4.69) is 19.2 Å². The van der Waals surface area contributed by atoms with Crippen molar-refractivity contribution >= 4 is 23.4 Å². The maximum atomic E-state index is 11.1. The first kappa shape index (κ1) is 14.3. The van der Waals surface area contributed by atoms with Gasteiger partial charge in [-0.3, -0.25) is 0 Å². The number of aromatic carboxylic acids is 1. The quantitative estimate of drug-likeness (QED) is 0.887. The molecule has 3 nitrogen and oxygen atoms in total. The number of carboxylic acids is 1. The standard InChI is InChI=1S/C15H21NO2S/c1-10-12(14(17)18)5-4-6-13(10)16-11-7-15(2,3)9-19-8-11/h4-6,11,16H,7-9H2,1-3H3,(H,17,18). The third-order valence-corrected chi connectivity index (χ3v) is 5.16. The zero-order chi connectivity index (χ0) is 14.0. The Hall–Kier alpha value is -1.16. The summed E-state index contributed by atoms with van der Waals surface area (Å²) in [5, 5.41) is 12.7. The predicted molar refractivity (Wildman–Crippen MR) is 81.3 cm³/mol. The Morgan fingerprint density at radius 3 is 2.84 bits per heavy atom. The minimum absolute atomic E-state index is 0.346. The van der Waals surface area contributed by atoms with Gasteiger partial charge in [0.25, 0.3) is 0 Å². The topological polar surface area (TPSA) is 49.3 Å². The van der Waals surface area contributed by atoms with E-state index < -0.39 is 5.97 Å². The molecule has 0 radical (unpaired) electrons. The van der Waals surface area contributed by atoms with Crippen LogP contribution < -0.4 is 5.32 Å². The molecule has 19 heavy (non-hydrogen) atoms. The molecule has 0 spiro atoms. The molecule has 1 atom stereocenters.